The van der Waals surface area contributed by atoms with E-state index in [2.05, 4.69) is 26.0 Å². The summed E-state index contributed by atoms with van der Waals surface area (Å²) in [4.78, 5) is 9.41. The quantitative estimate of drug-likeness (QED) is 0.167. The van der Waals surface area contributed by atoms with E-state index in [4.69, 9.17) is 19.4 Å². The third-order valence-electron chi connectivity index (χ3n) is 5.98. The Morgan fingerprint density at radius 3 is 1.34 bits per heavy atom. The molecular weight excluding hydrogens is 396 g/mol. The average Bonchev–Trinajstić information content (AvgIpc) is 2.82. The molecule has 0 N–H and O–H groups in total. The number of rotatable bonds is 16. The molecule has 2 aromatic heterocycles. The highest BCUT2D eigenvalue weighted by Gasteiger charge is 2.07. The van der Waals surface area contributed by atoms with Gasteiger partial charge in [0.1, 0.15) is 0 Å². The number of fused-ring (bicyclic) bond motifs is 3. The van der Waals surface area contributed by atoms with E-state index in [0.717, 1.165) is 47.9 Å². The largest absolute Gasteiger partial charge is 0.478 e. The number of nitrogens with zero attached hydrogens (tertiary/aromatic N) is 2. The van der Waals surface area contributed by atoms with Gasteiger partial charge < -0.3 is 9.47 Å². The lowest BCUT2D eigenvalue weighted by atomic mass is 10.1. The average molecular weight is 437 g/mol. The van der Waals surface area contributed by atoms with Crippen molar-refractivity contribution in [2.75, 3.05) is 13.2 Å². The van der Waals surface area contributed by atoms with Crippen LogP contribution in [0.2, 0.25) is 0 Å². The van der Waals surface area contributed by atoms with Crippen LogP contribution >= 0.6 is 0 Å². The topological polar surface area (TPSA) is 44.2 Å². The van der Waals surface area contributed by atoms with Crippen LogP contribution in [0, 0.1) is 0 Å². The third kappa shape index (κ3) is 7.65. The van der Waals surface area contributed by atoms with E-state index in [1.807, 2.05) is 24.3 Å². The molecule has 4 heteroatoms. The van der Waals surface area contributed by atoms with Gasteiger partial charge in [-0.15, -0.1) is 0 Å². The monoisotopic (exact) mass is 436 g/mol. The van der Waals surface area contributed by atoms with Gasteiger partial charge in [-0.05, 0) is 37.1 Å². The second-order valence-electron chi connectivity index (χ2n) is 8.73. The Hall–Kier alpha value is -2.36. The number of pyridine rings is 2. The summed E-state index contributed by atoms with van der Waals surface area (Å²) in [5.74, 6) is 1.41. The summed E-state index contributed by atoms with van der Waals surface area (Å²) < 4.78 is 11.8. The Balaban J connectivity index is 1.50. The minimum Gasteiger partial charge on any atom is -0.478 e. The van der Waals surface area contributed by atoms with Crippen LogP contribution in [0.1, 0.15) is 90.9 Å². The van der Waals surface area contributed by atoms with Crippen LogP contribution in [0.25, 0.3) is 21.8 Å². The molecule has 0 bridgehead atoms. The summed E-state index contributed by atoms with van der Waals surface area (Å²) in [6, 6.07) is 12.2. The molecule has 2 heterocycles. The lowest BCUT2D eigenvalue weighted by molar-refractivity contribution is 0.294. The Bertz CT molecular complexity index is 941. The van der Waals surface area contributed by atoms with Crippen molar-refractivity contribution in [2.45, 2.75) is 90.9 Å². The van der Waals surface area contributed by atoms with Crippen molar-refractivity contribution in [3.63, 3.8) is 0 Å². The number of ether oxygens (including phenoxy) is 2. The summed E-state index contributed by atoms with van der Waals surface area (Å²) in [6.07, 6.45) is 15.2. The summed E-state index contributed by atoms with van der Waals surface area (Å²) in [5, 5.41) is 2.20. The summed E-state index contributed by atoms with van der Waals surface area (Å²) in [7, 11) is 0. The Morgan fingerprint density at radius 2 is 0.906 bits per heavy atom. The predicted molar refractivity (Wildman–Crippen MR) is 135 cm³/mol. The van der Waals surface area contributed by atoms with E-state index >= 15 is 0 Å². The zero-order valence-electron chi connectivity index (χ0n) is 20.1. The molecular formula is C28H40N2O2. The first kappa shape index (κ1) is 24.3. The van der Waals surface area contributed by atoms with Crippen LogP contribution in [0.5, 0.6) is 11.8 Å². The molecule has 0 unspecified atom stereocenters. The number of hydrogen-bond acceptors (Lipinski definition) is 4. The van der Waals surface area contributed by atoms with E-state index in [-0.39, 0.29) is 0 Å². The van der Waals surface area contributed by atoms with Crippen molar-refractivity contribution in [3.05, 3.63) is 36.4 Å². The smallest absolute Gasteiger partial charge is 0.213 e. The molecule has 0 spiro atoms. The minimum atomic E-state index is 0.704. The van der Waals surface area contributed by atoms with Crippen LogP contribution in [0.3, 0.4) is 0 Å². The first-order valence-corrected chi connectivity index (χ1v) is 12.8. The lowest BCUT2D eigenvalue weighted by Gasteiger charge is -2.09. The third-order valence-corrected chi connectivity index (χ3v) is 5.98. The van der Waals surface area contributed by atoms with Crippen molar-refractivity contribution in [2.24, 2.45) is 0 Å². The fourth-order valence-electron chi connectivity index (χ4n) is 4.06. The Labute approximate surface area is 193 Å². The van der Waals surface area contributed by atoms with Crippen molar-refractivity contribution in [1.29, 1.82) is 0 Å². The molecule has 3 rings (SSSR count). The molecule has 0 atom stereocenters. The Kier molecular flexibility index (Phi) is 10.6. The van der Waals surface area contributed by atoms with Crippen LogP contribution in [0.15, 0.2) is 36.4 Å². The lowest BCUT2D eigenvalue weighted by Crippen LogP contribution is -2.00. The number of benzene rings is 1. The zero-order valence-corrected chi connectivity index (χ0v) is 20.1. The fraction of sp³-hybridized carbons (Fsp3) is 0.571. The van der Waals surface area contributed by atoms with Crippen molar-refractivity contribution in [3.8, 4) is 11.8 Å². The first-order valence-electron chi connectivity index (χ1n) is 12.8. The highest BCUT2D eigenvalue weighted by atomic mass is 16.5. The van der Waals surface area contributed by atoms with Crippen molar-refractivity contribution in [1.82, 2.24) is 9.97 Å². The van der Waals surface area contributed by atoms with Gasteiger partial charge in [-0.1, -0.05) is 78.1 Å². The molecule has 174 valence electrons. The molecule has 0 amide bonds. The molecule has 3 aromatic rings. The highest BCUT2D eigenvalue weighted by Crippen LogP contribution is 2.27. The number of aromatic nitrogens is 2. The molecule has 0 saturated heterocycles. The number of unbranched alkanes of at least 4 members (excludes halogenated alkanes) is 10. The molecule has 32 heavy (non-hydrogen) atoms. The van der Waals surface area contributed by atoms with Crippen molar-refractivity contribution < 1.29 is 9.47 Å². The van der Waals surface area contributed by atoms with E-state index in [1.54, 1.807) is 0 Å². The summed E-state index contributed by atoms with van der Waals surface area (Å²) in [6.45, 7) is 5.96. The van der Waals surface area contributed by atoms with E-state index in [0.29, 0.717) is 11.8 Å². The Morgan fingerprint density at radius 1 is 0.500 bits per heavy atom. The molecule has 0 aliphatic heterocycles. The first-order chi connectivity index (χ1) is 15.8. The summed E-state index contributed by atoms with van der Waals surface area (Å²) in [5.41, 5.74) is 1.89. The van der Waals surface area contributed by atoms with Crippen LogP contribution in [0.4, 0.5) is 0 Å². The predicted octanol–water partition coefficient (Wildman–Crippen LogP) is 8.26. The molecule has 0 aliphatic carbocycles. The van der Waals surface area contributed by atoms with Gasteiger partial charge >= 0.3 is 0 Å². The van der Waals surface area contributed by atoms with Crippen molar-refractivity contribution >= 4 is 21.8 Å². The van der Waals surface area contributed by atoms with E-state index in [9.17, 15) is 0 Å². The SMILES string of the molecule is CCCCCCCCCOc1ccc2c(ccc3nc(OCCCCCCC)ccc32)n1. The maximum atomic E-state index is 5.91. The molecule has 0 radical (unpaired) electrons. The highest BCUT2D eigenvalue weighted by molar-refractivity contribution is 6.04. The zero-order chi connectivity index (χ0) is 22.4. The van der Waals surface area contributed by atoms with Gasteiger partial charge in [0.15, 0.2) is 0 Å². The van der Waals surface area contributed by atoms with Gasteiger partial charge in [0.25, 0.3) is 0 Å². The van der Waals surface area contributed by atoms with Gasteiger partial charge in [0.05, 0.1) is 24.2 Å². The van der Waals surface area contributed by atoms with Gasteiger partial charge in [0, 0.05) is 22.9 Å². The second kappa shape index (κ2) is 13.9. The van der Waals surface area contributed by atoms with Crippen LogP contribution < -0.4 is 9.47 Å². The summed E-state index contributed by atoms with van der Waals surface area (Å²) >= 11 is 0. The number of hydrogen-bond donors (Lipinski definition) is 0. The van der Waals surface area contributed by atoms with Gasteiger partial charge in [0.2, 0.25) is 11.8 Å². The van der Waals surface area contributed by atoms with E-state index < -0.39 is 0 Å². The second-order valence-corrected chi connectivity index (χ2v) is 8.73. The fourth-order valence-corrected chi connectivity index (χ4v) is 4.06. The van der Waals surface area contributed by atoms with Gasteiger partial charge in [-0.3, -0.25) is 0 Å². The van der Waals surface area contributed by atoms with Crippen LogP contribution in [-0.2, 0) is 0 Å². The normalized spacial score (nSPS) is 11.3. The van der Waals surface area contributed by atoms with Gasteiger partial charge in [-0.2, -0.15) is 0 Å². The minimum absolute atomic E-state index is 0.704. The van der Waals surface area contributed by atoms with Gasteiger partial charge in [-0.25, -0.2) is 9.97 Å². The van der Waals surface area contributed by atoms with E-state index in [1.165, 1.54) is 64.2 Å². The standard InChI is InChI=1S/C28H40N2O2/c1-3-5-7-9-10-12-14-22-32-28-20-16-24-23-15-19-27(31-21-13-11-8-6-4-2)29-25(23)17-18-26(24)30-28/h15-20H,3-14,21-22H2,1-2H3. The molecule has 0 fully saturated rings. The van der Waals surface area contributed by atoms with Crippen LogP contribution in [-0.4, -0.2) is 23.2 Å². The molecule has 1 aromatic carbocycles. The molecule has 0 saturated carbocycles. The maximum Gasteiger partial charge on any atom is 0.213 e. The molecule has 0 aliphatic rings. The maximum absolute atomic E-state index is 5.91. The molecule has 4 nitrogen and oxygen atoms in total.